The summed E-state index contributed by atoms with van der Waals surface area (Å²) in [6.07, 6.45) is 2.78. The Hall–Kier alpha value is -2.26. The minimum atomic E-state index is -4.24. The first kappa shape index (κ1) is 23.9. The highest BCUT2D eigenvalue weighted by Crippen LogP contribution is 2.46. The largest absolute Gasteiger partial charge is 0.748 e. The molecule has 0 saturated carbocycles. The van der Waals surface area contributed by atoms with Gasteiger partial charge in [0.25, 0.3) is 5.52 Å². The third kappa shape index (κ3) is 4.84. The van der Waals surface area contributed by atoms with Crippen LogP contribution in [0.15, 0.2) is 46.6 Å². The van der Waals surface area contributed by atoms with E-state index in [-0.39, 0.29) is 12.2 Å². The normalized spacial score (nSPS) is 15.1. The molecule has 0 amide bonds. The number of fused-ring (bicyclic) bond motifs is 2. The Morgan fingerprint density at radius 3 is 2.36 bits per heavy atom. The Morgan fingerprint density at radius 1 is 1.06 bits per heavy atom. The average Bonchev–Trinajstić information content (AvgIpc) is 3.25. The van der Waals surface area contributed by atoms with E-state index in [1.165, 1.54) is 0 Å². The molecular weight excluding hydrogens is 485 g/mol. The van der Waals surface area contributed by atoms with Crippen LogP contribution in [0.25, 0.3) is 17.2 Å². The molecule has 0 saturated heterocycles. The first-order valence-electron chi connectivity index (χ1n) is 10.8. The number of hydrogen-bond acceptors (Lipinski definition) is 6. The lowest BCUT2D eigenvalue weighted by molar-refractivity contribution is -0.674. The van der Waals surface area contributed by atoms with Gasteiger partial charge in [0.2, 0.25) is 5.58 Å². The Labute approximate surface area is 203 Å². The zero-order valence-electron chi connectivity index (χ0n) is 18.4. The van der Waals surface area contributed by atoms with Gasteiger partial charge in [-0.3, -0.25) is 0 Å². The molecule has 33 heavy (non-hydrogen) atoms. The summed E-state index contributed by atoms with van der Waals surface area (Å²) >= 11 is 12.7. The molecule has 0 N–H and O–H groups in total. The topological polar surface area (TPSA) is 80.7 Å². The van der Waals surface area contributed by atoms with Crippen LogP contribution in [0.2, 0.25) is 10.0 Å². The van der Waals surface area contributed by atoms with Crippen LogP contribution in [0.1, 0.15) is 32.6 Å². The van der Waals surface area contributed by atoms with Crippen molar-refractivity contribution in [3.05, 3.63) is 58.2 Å². The van der Waals surface area contributed by atoms with Gasteiger partial charge in [-0.05, 0) is 44.9 Å². The number of aryl methyl sites for hydroxylation is 1. The maximum absolute atomic E-state index is 11.0. The molecule has 4 rings (SSSR count). The van der Waals surface area contributed by atoms with Crippen LogP contribution in [0.4, 0.5) is 11.4 Å². The molecular formula is C23H25Cl2N3O4S. The maximum atomic E-state index is 11.0. The second kappa shape index (κ2) is 9.54. The van der Waals surface area contributed by atoms with Crippen molar-refractivity contribution in [3.63, 3.8) is 0 Å². The van der Waals surface area contributed by atoms with Crippen LogP contribution < -0.4 is 14.4 Å². The van der Waals surface area contributed by atoms with Crippen molar-refractivity contribution in [2.75, 3.05) is 28.6 Å². The summed E-state index contributed by atoms with van der Waals surface area (Å²) in [5, 5.41) is 0.895. The zero-order valence-corrected chi connectivity index (χ0v) is 20.8. The van der Waals surface area contributed by atoms with Crippen molar-refractivity contribution in [1.82, 2.24) is 0 Å². The van der Waals surface area contributed by atoms with Crippen LogP contribution in [0.5, 0.6) is 0 Å². The number of benzene rings is 2. The van der Waals surface area contributed by atoms with Crippen molar-refractivity contribution in [2.24, 2.45) is 0 Å². The van der Waals surface area contributed by atoms with Crippen LogP contribution in [0.3, 0.4) is 0 Å². The Bertz CT molecular complexity index is 1320. The van der Waals surface area contributed by atoms with E-state index in [1.54, 1.807) is 0 Å². The molecule has 0 atom stereocenters. The molecule has 0 radical (unpaired) electrons. The van der Waals surface area contributed by atoms with Gasteiger partial charge in [0.15, 0.2) is 0 Å². The van der Waals surface area contributed by atoms with Crippen molar-refractivity contribution >= 4 is 61.9 Å². The summed E-state index contributed by atoms with van der Waals surface area (Å²) in [5.41, 5.74) is 3.59. The van der Waals surface area contributed by atoms with Crippen molar-refractivity contribution in [3.8, 4) is 0 Å². The second-order valence-electron chi connectivity index (χ2n) is 7.77. The van der Waals surface area contributed by atoms with Crippen molar-refractivity contribution < 1.29 is 22.0 Å². The van der Waals surface area contributed by atoms with Crippen LogP contribution in [-0.4, -0.2) is 31.8 Å². The van der Waals surface area contributed by atoms with Gasteiger partial charge in [-0.2, -0.15) is 4.57 Å². The molecule has 1 aromatic heterocycles. The SMILES string of the molecule is CCN1/C(=C\c2oc3ccccc3[n+]2CC)N(CCCCS(=O)(=O)[O-])c2cc(Cl)c(Cl)cc21. The quantitative estimate of drug-likeness (QED) is 0.241. The molecule has 0 unspecified atom stereocenters. The molecule has 0 fully saturated rings. The summed E-state index contributed by atoms with van der Waals surface area (Å²) in [7, 11) is -4.24. The molecule has 2 aromatic carbocycles. The summed E-state index contributed by atoms with van der Waals surface area (Å²) in [4.78, 5) is 4.20. The number of halogens is 2. The number of oxazole rings is 1. The van der Waals surface area contributed by atoms with Crippen LogP contribution >= 0.6 is 23.2 Å². The average molecular weight is 510 g/mol. The molecule has 7 nitrogen and oxygen atoms in total. The predicted molar refractivity (Wildman–Crippen MR) is 131 cm³/mol. The molecule has 0 aliphatic carbocycles. The first-order chi connectivity index (χ1) is 15.7. The molecule has 0 spiro atoms. The second-order valence-corrected chi connectivity index (χ2v) is 10.1. The van der Waals surface area contributed by atoms with E-state index in [0.29, 0.717) is 35.4 Å². The minimum absolute atomic E-state index is 0.276. The molecule has 1 aliphatic heterocycles. The Morgan fingerprint density at radius 2 is 1.73 bits per heavy atom. The lowest BCUT2D eigenvalue weighted by Gasteiger charge is -2.24. The van der Waals surface area contributed by atoms with E-state index in [2.05, 4.69) is 21.3 Å². The fourth-order valence-corrected chi connectivity index (χ4v) is 5.09. The minimum Gasteiger partial charge on any atom is -0.748 e. The summed E-state index contributed by atoms with van der Waals surface area (Å²) < 4.78 is 41.4. The van der Waals surface area contributed by atoms with Crippen LogP contribution in [0, 0.1) is 0 Å². The number of aromatic nitrogens is 1. The van der Waals surface area contributed by atoms with Gasteiger partial charge in [-0.15, -0.1) is 0 Å². The highest BCUT2D eigenvalue weighted by atomic mass is 35.5. The third-order valence-corrected chi connectivity index (χ3v) is 7.21. The van der Waals surface area contributed by atoms with E-state index in [4.69, 9.17) is 27.6 Å². The Balaban J connectivity index is 1.78. The molecule has 176 valence electrons. The highest BCUT2D eigenvalue weighted by Gasteiger charge is 2.33. The molecule has 1 aliphatic rings. The lowest BCUT2D eigenvalue weighted by Crippen LogP contribution is -2.35. The number of hydrogen-bond donors (Lipinski definition) is 0. The molecule has 2 heterocycles. The number of anilines is 2. The first-order valence-corrected chi connectivity index (χ1v) is 13.2. The van der Waals surface area contributed by atoms with Gasteiger partial charge in [0.1, 0.15) is 12.4 Å². The monoisotopic (exact) mass is 509 g/mol. The fourth-order valence-electron chi connectivity index (χ4n) is 4.22. The predicted octanol–water partition coefficient (Wildman–Crippen LogP) is 5.02. The summed E-state index contributed by atoms with van der Waals surface area (Å²) in [6.45, 7) is 6.02. The van der Waals surface area contributed by atoms with Crippen molar-refractivity contribution in [2.45, 2.75) is 33.2 Å². The highest BCUT2D eigenvalue weighted by molar-refractivity contribution is 7.85. The summed E-state index contributed by atoms with van der Waals surface area (Å²) in [5.74, 6) is 1.19. The fraction of sp³-hybridized carbons (Fsp3) is 0.348. The molecule has 0 bridgehead atoms. The van der Waals surface area contributed by atoms with E-state index >= 15 is 0 Å². The van der Waals surface area contributed by atoms with E-state index < -0.39 is 10.1 Å². The van der Waals surface area contributed by atoms with Crippen LogP contribution in [-0.2, 0) is 16.7 Å². The van der Waals surface area contributed by atoms with Gasteiger partial charge in [-0.25, -0.2) is 8.42 Å². The van der Waals surface area contributed by atoms with Gasteiger partial charge in [0, 0.05) is 24.9 Å². The van der Waals surface area contributed by atoms with Crippen molar-refractivity contribution in [1.29, 1.82) is 0 Å². The smallest absolute Gasteiger partial charge is 0.377 e. The third-order valence-electron chi connectivity index (χ3n) is 5.70. The molecule has 10 heteroatoms. The number of rotatable bonds is 8. The number of para-hydroxylation sites is 2. The lowest BCUT2D eigenvalue weighted by atomic mass is 10.2. The van der Waals surface area contributed by atoms with Gasteiger partial charge in [-0.1, -0.05) is 35.3 Å². The van der Waals surface area contributed by atoms with E-state index in [1.807, 2.05) is 49.4 Å². The zero-order chi connectivity index (χ0) is 23.8. The molecule has 3 aromatic rings. The number of unbranched alkanes of at least 4 members (excludes halogenated alkanes) is 1. The van der Waals surface area contributed by atoms with Gasteiger partial charge < -0.3 is 18.8 Å². The number of nitrogens with zero attached hydrogens (tertiary/aromatic N) is 3. The van der Waals surface area contributed by atoms with E-state index in [9.17, 15) is 13.0 Å². The van der Waals surface area contributed by atoms with Gasteiger partial charge in [0.05, 0.1) is 37.6 Å². The van der Waals surface area contributed by atoms with Gasteiger partial charge >= 0.3 is 5.89 Å². The maximum Gasteiger partial charge on any atom is 0.377 e. The standard InChI is InChI=1S/C23H25Cl2N3O4S/c1-3-26-19-13-16(24)17(25)14-20(19)28(11-7-8-12-33(29,30)31)22(26)15-23-27(4-2)18-9-5-6-10-21(18)32-23/h5-6,9-10,13-15H,3-4,7-8,11-12H2,1-2H3. The Kier molecular flexibility index (Phi) is 6.91. The summed E-state index contributed by atoms with van der Waals surface area (Å²) in [6, 6.07) is 11.5. The van der Waals surface area contributed by atoms with E-state index in [0.717, 1.165) is 34.8 Å².